The molecule has 0 atom stereocenters. The summed E-state index contributed by atoms with van der Waals surface area (Å²) in [5.74, 6) is 1.47. The van der Waals surface area contributed by atoms with Crippen molar-refractivity contribution >= 4 is 11.6 Å². The van der Waals surface area contributed by atoms with E-state index in [4.69, 9.17) is 9.26 Å². The van der Waals surface area contributed by atoms with Crippen LogP contribution in [0.15, 0.2) is 53.3 Å². The molecular formula is C17H14N4O3. The summed E-state index contributed by atoms with van der Waals surface area (Å²) >= 11 is 0. The van der Waals surface area contributed by atoms with E-state index in [1.807, 2.05) is 18.2 Å². The molecule has 4 rings (SSSR count). The fraction of sp³-hybridized carbons (Fsp3) is 0.176. The lowest BCUT2D eigenvalue weighted by Crippen LogP contribution is -2.12. The van der Waals surface area contributed by atoms with Crippen molar-refractivity contribution in [2.24, 2.45) is 0 Å². The molecule has 1 aliphatic rings. The van der Waals surface area contributed by atoms with Gasteiger partial charge in [-0.1, -0.05) is 23.4 Å². The molecule has 1 N–H and O–H groups in total. The Morgan fingerprint density at radius 1 is 1.17 bits per heavy atom. The standard InChI is InChI=1S/C17H14N4O3/c22-16(14-8-15(24-21-14)11-6-7-11)20-12-9-18-17(19-10-12)23-13-4-2-1-3-5-13/h1-5,8-11H,6-7H2,(H,20,22). The van der Waals surface area contributed by atoms with Crippen LogP contribution in [0.1, 0.15) is 35.0 Å². The third-order valence-electron chi connectivity index (χ3n) is 3.58. The van der Waals surface area contributed by atoms with Crippen molar-refractivity contribution in [2.75, 3.05) is 5.32 Å². The summed E-state index contributed by atoms with van der Waals surface area (Å²) in [6.45, 7) is 0. The minimum atomic E-state index is -0.356. The Morgan fingerprint density at radius 3 is 2.62 bits per heavy atom. The number of hydrogen-bond donors (Lipinski definition) is 1. The van der Waals surface area contributed by atoms with E-state index in [9.17, 15) is 4.79 Å². The molecule has 0 spiro atoms. The number of aromatic nitrogens is 3. The lowest BCUT2D eigenvalue weighted by molar-refractivity contribution is 0.101. The fourth-order valence-electron chi connectivity index (χ4n) is 2.18. The van der Waals surface area contributed by atoms with E-state index in [2.05, 4.69) is 20.4 Å². The Bertz CT molecular complexity index is 842. The zero-order valence-electron chi connectivity index (χ0n) is 12.7. The largest absolute Gasteiger partial charge is 0.424 e. The van der Waals surface area contributed by atoms with Crippen molar-refractivity contribution in [2.45, 2.75) is 18.8 Å². The number of amides is 1. The molecule has 1 aliphatic carbocycles. The molecule has 2 aromatic heterocycles. The lowest BCUT2D eigenvalue weighted by Gasteiger charge is -2.05. The number of rotatable bonds is 5. The first-order chi connectivity index (χ1) is 11.8. The number of para-hydroxylation sites is 1. The first kappa shape index (κ1) is 14.4. The van der Waals surface area contributed by atoms with Gasteiger partial charge >= 0.3 is 6.01 Å². The number of ether oxygens (including phenoxy) is 1. The quantitative estimate of drug-likeness (QED) is 0.774. The van der Waals surface area contributed by atoms with Gasteiger partial charge in [0.05, 0.1) is 18.1 Å². The van der Waals surface area contributed by atoms with Crippen molar-refractivity contribution in [3.63, 3.8) is 0 Å². The molecule has 120 valence electrons. The molecule has 0 bridgehead atoms. The summed E-state index contributed by atoms with van der Waals surface area (Å²) in [5.41, 5.74) is 0.706. The van der Waals surface area contributed by atoms with Gasteiger partial charge in [0.2, 0.25) is 0 Å². The Balaban J connectivity index is 1.40. The first-order valence-corrected chi connectivity index (χ1v) is 7.61. The van der Waals surface area contributed by atoms with E-state index < -0.39 is 0 Å². The minimum absolute atomic E-state index is 0.205. The number of nitrogens with zero attached hydrogens (tertiary/aromatic N) is 3. The Labute approximate surface area is 137 Å². The van der Waals surface area contributed by atoms with Crippen molar-refractivity contribution in [3.05, 3.63) is 60.2 Å². The summed E-state index contributed by atoms with van der Waals surface area (Å²) < 4.78 is 10.7. The second-order valence-corrected chi connectivity index (χ2v) is 5.51. The molecule has 3 aromatic rings. The van der Waals surface area contributed by atoms with E-state index in [0.717, 1.165) is 18.6 Å². The van der Waals surface area contributed by atoms with E-state index in [1.165, 1.54) is 12.4 Å². The highest BCUT2D eigenvalue weighted by atomic mass is 16.5. The summed E-state index contributed by atoms with van der Waals surface area (Å²) in [6.07, 6.45) is 5.13. The molecule has 24 heavy (non-hydrogen) atoms. The molecule has 0 saturated heterocycles. The maximum atomic E-state index is 12.1. The fourth-order valence-corrected chi connectivity index (χ4v) is 2.18. The number of carbonyl (C=O) groups excluding carboxylic acids is 1. The smallest absolute Gasteiger partial charge is 0.322 e. The number of hydrogen-bond acceptors (Lipinski definition) is 6. The maximum Gasteiger partial charge on any atom is 0.322 e. The third kappa shape index (κ3) is 3.24. The van der Waals surface area contributed by atoms with Gasteiger partial charge in [-0.3, -0.25) is 4.79 Å². The van der Waals surface area contributed by atoms with Crippen molar-refractivity contribution in [1.82, 2.24) is 15.1 Å². The number of anilines is 1. The predicted molar refractivity (Wildman–Crippen MR) is 85.0 cm³/mol. The second-order valence-electron chi connectivity index (χ2n) is 5.51. The van der Waals surface area contributed by atoms with Crippen molar-refractivity contribution < 1.29 is 14.1 Å². The van der Waals surface area contributed by atoms with Crippen LogP contribution in [0.3, 0.4) is 0 Å². The summed E-state index contributed by atoms with van der Waals surface area (Å²) in [6, 6.07) is 11.1. The Kier molecular flexibility index (Phi) is 3.66. The third-order valence-corrected chi connectivity index (χ3v) is 3.58. The van der Waals surface area contributed by atoms with Crippen molar-refractivity contribution in [1.29, 1.82) is 0 Å². The predicted octanol–water partition coefficient (Wildman–Crippen LogP) is 3.39. The zero-order valence-corrected chi connectivity index (χ0v) is 12.7. The highest BCUT2D eigenvalue weighted by Crippen LogP contribution is 2.40. The van der Waals surface area contributed by atoms with Crippen LogP contribution in [-0.2, 0) is 0 Å². The van der Waals surface area contributed by atoms with Gasteiger partial charge in [0.25, 0.3) is 5.91 Å². The van der Waals surface area contributed by atoms with Gasteiger partial charge in [-0.25, -0.2) is 9.97 Å². The number of carbonyl (C=O) groups is 1. The van der Waals surface area contributed by atoms with Gasteiger partial charge < -0.3 is 14.6 Å². The highest BCUT2D eigenvalue weighted by molar-refractivity contribution is 6.02. The maximum absolute atomic E-state index is 12.1. The molecule has 1 amide bonds. The molecule has 2 heterocycles. The van der Waals surface area contributed by atoms with Gasteiger partial charge in [0.1, 0.15) is 11.5 Å². The van der Waals surface area contributed by atoms with E-state index in [1.54, 1.807) is 18.2 Å². The Morgan fingerprint density at radius 2 is 1.92 bits per heavy atom. The zero-order chi connectivity index (χ0) is 16.4. The summed E-state index contributed by atoms with van der Waals surface area (Å²) in [7, 11) is 0. The highest BCUT2D eigenvalue weighted by Gasteiger charge is 2.28. The van der Waals surface area contributed by atoms with Crippen LogP contribution in [0.25, 0.3) is 0 Å². The Hall–Kier alpha value is -3.22. The van der Waals surface area contributed by atoms with Crippen LogP contribution in [-0.4, -0.2) is 21.0 Å². The second kappa shape index (κ2) is 6.11. The monoisotopic (exact) mass is 322 g/mol. The molecule has 7 heteroatoms. The van der Waals surface area contributed by atoms with Gasteiger partial charge in [-0.15, -0.1) is 0 Å². The molecule has 7 nitrogen and oxygen atoms in total. The minimum Gasteiger partial charge on any atom is -0.424 e. The normalized spacial score (nSPS) is 13.5. The van der Waals surface area contributed by atoms with Crippen LogP contribution in [0.5, 0.6) is 11.8 Å². The van der Waals surface area contributed by atoms with Gasteiger partial charge in [0.15, 0.2) is 5.69 Å². The summed E-state index contributed by atoms with van der Waals surface area (Å²) in [5, 5.41) is 6.47. The average molecular weight is 322 g/mol. The van der Waals surface area contributed by atoms with E-state index >= 15 is 0 Å². The van der Waals surface area contributed by atoms with Gasteiger partial charge in [-0.2, -0.15) is 0 Å². The topological polar surface area (TPSA) is 90.1 Å². The van der Waals surface area contributed by atoms with Crippen LogP contribution in [0.2, 0.25) is 0 Å². The SMILES string of the molecule is O=C(Nc1cnc(Oc2ccccc2)nc1)c1cc(C2CC2)on1. The van der Waals surface area contributed by atoms with Crippen molar-refractivity contribution in [3.8, 4) is 11.8 Å². The van der Waals surface area contributed by atoms with Gasteiger partial charge in [-0.05, 0) is 25.0 Å². The molecule has 1 aromatic carbocycles. The average Bonchev–Trinajstić information content (AvgIpc) is 3.34. The molecule has 0 aliphatic heterocycles. The molecular weight excluding hydrogens is 308 g/mol. The molecule has 0 unspecified atom stereocenters. The van der Waals surface area contributed by atoms with E-state index in [0.29, 0.717) is 17.4 Å². The van der Waals surface area contributed by atoms with E-state index in [-0.39, 0.29) is 17.6 Å². The van der Waals surface area contributed by atoms with Gasteiger partial charge in [0, 0.05) is 12.0 Å². The van der Waals surface area contributed by atoms with Crippen LogP contribution in [0.4, 0.5) is 5.69 Å². The van der Waals surface area contributed by atoms with Crippen LogP contribution >= 0.6 is 0 Å². The first-order valence-electron chi connectivity index (χ1n) is 7.61. The summed E-state index contributed by atoms with van der Waals surface area (Å²) in [4.78, 5) is 20.3. The molecule has 1 saturated carbocycles. The lowest BCUT2D eigenvalue weighted by atomic mass is 10.3. The number of benzene rings is 1. The molecule has 0 radical (unpaired) electrons. The number of nitrogens with one attached hydrogen (secondary N) is 1. The van der Waals surface area contributed by atoms with Crippen LogP contribution in [0, 0.1) is 0 Å². The van der Waals surface area contributed by atoms with Crippen LogP contribution < -0.4 is 10.1 Å². The molecule has 1 fully saturated rings.